The zero-order valence-corrected chi connectivity index (χ0v) is 14.8. The van der Waals surface area contributed by atoms with E-state index in [1.165, 1.54) is 0 Å². The number of piperidine rings is 1. The second-order valence-electron chi connectivity index (χ2n) is 7.70. The molecule has 1 fully saturated rings. The van der Waals surface area contributed by atoms with Crippen molar-refractivity contribution in [1.29, 1.82) is 0 Å². The predicted molar refractivity (Wildman–Crippen MR) is 91.7 cm³/mol. The average Bonchev–Trinajstić information content (AvgIpc) is 2.97. The Kier molecular flexibility index (Phi) is 3.74. The first-order valence-corrected chi connectivity index (χ1v) is 8.80. The van der Waals surface area contributed by atoms with E-state index >= 15 is 0 Å². The molecule has 0 spiro atoms. The van der Waals surface area contributed by atoms with Crippen LogP contribution in [0.4, 0.5) is 4.79 Å². The van der Waals surface area contributed by atoms with E-state index in [-0.39, 0.29) is 18.2 Å². The highest BCUT2D eigenvalue weighted by Gasteiger charge is 2.44. The van der Waals surface area contributed by atoms with E-state index in [0.29, 0.717) is 6.54 Å². The van der Waals surface area contributed by atoms with Crippen LogP contribution in [0, 0.1) is 0 Å². The Morgan fingerprint density at radius 1 is 1.24 bits per heavy atom. The van der Waals surface area contributed by atoms with Gasteiger partial charge in [-0.05, 0) is 52.2 Å². The Bertz CT molecular complexity index is 781. The van der Waals surface area contributed by atoms with E-state index in [2.05, 4.69) is 19.7 Å². The summed E-state index contributed by atoms with van der Waals surface area (Å²) in [5.41, 5.74) is 0.306. The molecule has 2 unspecified atom stereocenters. The van der Waals surface area contributed by atoms with E-state index in [4.69, 9.17) is 4.74 Å². The van der Waals surface area contributed by atoms with Gasteiger partial charge >= 0.3 is 6.09 Å². The van der Waals surface area contributed by atoms with Crippen molar-refractivity contribution in [3.63, 3.8) is 0 Å². The number of amides is 1. The number of ether oxygens (including phenoxy) is 1. The molecule has 0 aliphatic carbocycles. The first kappa shape index (κ1) is 16.1. The number of carbonyl (C=O) groups excluding carboxylic acids is 1. The Balaban J connectivity index is 1.70. The lowest BCUT2D eigenvalue weighted by molar-refractivity contribution is -0.0181. The molecule has 7 heteroatoms. The van der Waals surface area contributed by atoms with Crippen LogP contribution in [0.1, 0.15) is 51.9 Å². The van der Waals surface area contributed by atoms with E-state index in [9.17, 15) is 4.79 Å². The molecule has 2 aromatic heterocycles. The number of hydrogen-bond donors (Lipinski definition) is 0. The Hall–Kier alpha value is -2.44. The van der Waals surface area contributed by atoms with Gasteiger partial charge in [-0.25, -0.2) is 4.79 Å². The zero-order chi connectivity index (χ0) is 17.6. The van der Waals surface area contributed by atoms with Gasteiger partial charge in [0, 0.05) is 12.7 Å². The smallest absolute Gasteiger partial charge is 0.411 e. The van der Waals surface area contributed by atoms with Gasteiger partial charge in [0.05, 0.1) is 12.1 Å². The minimum atomic E-state index is -0.504. The molecule has 2 aliphatic rings. The molecule has 0 saturated carbocycles. The van der Waals surface area contributed by atoms with Crippen LogP contribution in [-0.4, -0.2) is 42.4 Å². The number of fused-ring (bicyclic) bond motifs is 4. The van der Waals surface area contributed by atoms with Crippen LogP contribution < -0.4 is 0 Å². The summed E-state index contributed by atoms with van der Waals surface area (Å²) >= 11 is 0. The maximum absolute atomic E-state index is 12.7. The van der Waals surface area contributed by atoms with Crippen LogP contribution in [0.15, 0.2) is 24.4 Å². The van der Waals surface area contributed by atoms with Crippen LogP contribution >= 0.6 is 0 Å². The van der Waals surface area contributed by atoms with Gasteiger partial charge in [-0.1, -0.05) is 6.07 Å². The van der Waals surface area contributed by atoms with Crippen molar-refractivity contribution in [3.8, 4) is 11.5 Å². The lowest BCUT2D eigenvalue weighted by Gasteiger charge is -2.45. The van der Waals surface area contributed by atoms with Gasteiger partial charge in [-0.15, -0.1) is 10.2 Å². The molecular formula is C18H23N5O2. The molecule has 132 valence electrons. The molecule has 0 aromatic carbocycles. The minimum Gasteiger partial charge on any atom is -0.444 e. The first-order chi connectivity index (χ1) is 11.9. The van der Waals surface area contributed by atoms with E-state index < -0.39 is 5.60 Å². The predicted octanol–water partition coefficient (Wildman–Crippen LogP) is 3.18. The van der Waals surface area contributed by atoms with Crippen molar-refractivity contribution in [2.24, 2.45) is 0 Å². The van der Waals surface area contributed by atoms with Crippen LogP contribution in [0.5, 0.6) is 0 Å². The van der Waals surface area contributed by atoms with Gasteiger partial charge in [0.1, 0.15) is 11.3 Å². The van der Waals surface area contributed by atoms with E-state index in [1.807, 2.05) is 43.9 Å². The Morgan fingerprint density at radius 3 is 2.80 bits per heavy atom. The molecule has 2 atom stereocenters. The quantitative estimate of drug-likeness (QED) is 0.796. The largest absolute Gasteiger partial charge is 0.444 e. The van der Waals surface area contributed by atoms with Gasteiger partial charge in [0.15, 0.2) is 11.6 Å². The second kappa shape index (κ2) is 5.82. The fourth-order valence-electron chi connectivity index (χ4n) is 3.74. The Morgan fingerprint density at radius 2 is 2.08 bits per heavy atom. The third-order valence-corrected chi connectivity index (χ3v) is 4.71. The summed E-state index contributed by atoms with van der Waals surface area (Å²) in [6.45, 7) is 6.37. The molecule has 1 amide bonds. The highest BCUT2D eigenvalue weighted by atomic mass is 16.6. The average molecular weight is 341 g/mol. The van der Waals surface area contributed by atoms with Crippen molar-refractivity contribution in [3.05, 3.63) is 30.2 Å². The summed E-state index contributed by atoms with van der Waals surface area (Å²) in [6.07, 6.45) is 4.44. The van der Waals surface area contributed by atoms with Gasteiger partial charge in [0.25, 0.3) is 0 Å². The summed E-state index contributed by atoms with van der Waals surface area (Å²) in [6, 6.07) is 5.80. The SMILES string of the molecule is CC(C)(C)OC(=O)N1C2CCCC1c1nnc(-c3ccccn3)n1C2. The molecule has 1 saturated heterocycles. The van der Waals surface area contributed by atoms with Gasteiger partial charge in [-0.3, -0.25) is 9.88 Å². The molecular weight excluding hydrogens is 318 g/mol. The molecule has 2 aliphatic heterocycles. The van der Waals surface area contributed by atoms with Crippen molar-refractivity contribution < 1.29 is 9.53 Å². The molecule has 25 heavy (non-hydrogen) atoms. The summed E-state index contributed by atoms with van der Waals surface area (Å²) in [4.78, 5) is 19.0. The van der Waals surface area contributed by atoms with Crippen LogP contribution in [0.2, 0.25) is 0 Å². The lowest BCUT2D eigenvalue weighted by atomic mass is 9.92. The van der Waals surface area contributed by atoms with Gasteiger partial charge in [-0.2, -0.15) is 0 Å². The highest BCUT2D eigenvalue weighted by molar-refractivity contribution is 5.69. The number of rotatable bonds is 1. The van der Waals surface area contributed by atoms with Crippen molar-refractivity contribution in [2.75, 3.05) is 0 Å². The topological polar surface area (TPSA) is 73.1 Å². The fourth-order valence-corrected chi connectivity index (χ4v) is 3.74. The summed E-state index contributed by atoms with van der Waals surface area (Å²) in [5, 5.41) is 8.77. The summed E-state index contributed by atoms with van der Waals surface area (Å²) in [7, 11) is 0. The molecule has 2 bridgehead atoms. The standard InChI is InChI=1S/C18H23N5O2/c1-18(2,3)25-17(24)23-12-7-6-9-14(23)16-21-20-15(22(16)11-12)13-8-4-5-10-19-13/h4-5,8,10,12,14H,6-7,9,11H2,1-3H3. The van der Waals surface area contributed by atoms with Crippen molar-refractivity contribution in [1.82, 2.24) is 24.6 Å². The lowest BCUT2D eigenvalue weighted by Crippen LogP contribution is -2.53. The number of aromatic nitrogens is 4. The Labute approximate surface area is 147 Å². The number of pyridine rings is 1. The minimum absolute atomic E-state index is 0.0766. The monoisotopic (exact) mass is 341 g/mol. The summed E-state index contributed by atoms with van der Waals surface area (Å²) in [5.74, 6) is 1.61. The third-order valence-electron chi connectivity index (χ3n) is 4.71. The second-order valence-corrected chi connectivity index (χ2v) is 7.70. The number of carbonyl (C=O) groups is 1. The van der Waals surface area contributed by atoms with Crippen molar-refractivity contribution in [2.45, 2.75) is 64.3 Å². The molecule has 4 rings (SSSR count). The summed E-state index contributed by atoms with van der Waals surface area (Å²) < 4.78 is 7.76. The maximum atomic E-state index is 12.7. The third kappa shape index (κ3) is 2.88. The normalized spacial score (nSPS) is 22.4. The molecule has 0 radical (unpaired) electrons. The molecule has 2 aromatic rings. The first-order valence-electron chi connectivity index (χ1n) is 8.80. The van der Waals surface area contributed by atoms with Crippen LogP contribution in [0.25, 0.3) is 11.5 Å². The fraction of sp³-hybridized carbons (Fsp3) is 0.556. The van der Waals surface area contributed by atoms with E-state index in [1.54, 1.807) is 6.20 Å². The zero-order valence-electron chi connectivity index (χ0n) is 14.8. The molecule has 4 heterocycles. The number of hydrogen-bond acceptors (Lipinski definition) is 5. The number of nitrogens with zero attached hydrogens (tertiary/aromatic N) is 5. The molecule has 7 nitrogen and oxygen atoms in total. The van der Waals surface area contributed by atoms with Gasteiger partial charge < -0.3 is 9.30 Å². The van der Waals surface area contributed by atoms with Crippen molar-refractivity contribution >= 4 is 6.09 Å². The van der Waals surface area contributed by atoms with E-state index in [0.717, 1.165) is 36.6 Å². The van der Waals surface area contributed by atoms with Gasteiger partial charge in [0.2, 0.25) is 0 Å². The maximum Gasteiger partial charge on any atom is 0.411 e. The molecule has 0 N–H and O–H groups in total. The van der Waals surface area contributed by atoms with Crippen LogP contribution in [-0.2, 0) is 11.3 Å². The van der Waals surface area contributed by atoms with Crippen LogP contribution in [0.3, 0.4) is 0 Å². The highest BCUT2D eigenvalue weighted by Crippen LogP contribution is 2.40.